The van der Waals surface area contributed by atoms with E-state index in [1.165, 1.54) is 12.1 Å². The number of aromatic nitrogens is 2. The Labute approximate surface area is 150 Å². The summed E-state index contributed by atoms with van der Waals surface area (Å²) in [6, 6.07) is 13.2. The maximum absolute atomic E-state index is 13.7. The minimum Gasteiger partial charge on any atom is -0.480 e. The molecule has 0 unspecified atom stereocenters. The monoisotopic (exact) mass is 351 g/mol. The van der Waals surface area contributed by atoms with Gasteiger partial charge < -0.3 is 14.6 Å². The molecule has 1 amide bonds. The van der Waals surface area contributed by atoms with Crippen LogP contribution in [0.25, 0.3) is 0 Å². The number of fused-ring (bicyclic) bond motifs is 1. The Morgan fingerprint density at radius 3 is 2.88 bits per heavy atom. The van der Waals surface area contributed by atoms with Gasteiger partial charge in [-0.3, -0.25) is 4.79 Å². The zero-order valence-electron chi connectivity index (χ0n) is 14.2. The molecular formula is C20H18FN3O2. The summed E-state index contributed by atoms with van der Waals surface area (Å²) in [6.45, 7) is 0. The number of nitrogens with zero attached hydrogens (tertiary/aromatic N) is 2. The normalized spacial score (nSPS) is 16.6. The van der Waals surface area contributed by atoms with Crippen LogP contribution in [-0.4, -0.2) is 21.6 Å². The summed E-state index contributed by atoms with van der Waals surface area (Å²) in [5, 5.41) is 2.97. The number of benzene rings is 2. The summed E-state index contributed by atoms with van der Waals surface area (Å²) in [5.74, 6) is 0.741. The molecule has 1 aliphatic rings. The fourth-order valence-corrected chi connectivity index (χ4v) is 3.20. The van der Waals surface area contributed by atoms with Gasteiger partial charge in [0.15, 0.2) is 6.10 Å². The van der Waals surface area contributed by atoms with Crippen LogP contribution in [-0.2, 0) is 18.3 Å². The minimum atomic E-state index is -0.608. The molecule has 5 nitrogen and oxygen atoms in total. The summed E-state index contributed by atoms with van der Waals surface area (Å²) in [7, 11) is 1.84. The fourth-order valence-electron chi connectivity index (χ4n) is 3.20. The molecule has 2 heterocycles. The third-order valence-electron chi connectivity index (χ3n) is 4.52. The number of halogens is 1. The Morgan fingerprint density at radius 2 is 2.15 bits per heavy atom. The highest BCUT2D eigenvalue weighted by Crippen LogP contribution is 2.29. The van der Waals surface area contributed by atoms with Crippen LogP contribution in [0, 0.1) is 5.82 Å². The highest BCUT2D eigenvalue weighted by atomic mass is 19.1. The maximum Gasteiger partial charge on any atom is 0.262 e. The summed E-state index contributed by atoms with van der Waals surface area (Å²) < 4.78 is 21.3. The van der Waals surface area contributed by atoms with Crippen LogP contribution in [0.15, 0.2) is 60.9 Å². The molecular weight excluding hydrogens is 333 g/mol. The molecule has 1 aliphatic heterocycles. The molecule has 2 aromatic carbocycles. The van der Waals surface area contributed by atoms with Crippen LogP contribution >= 0.6 is 0 Å². The first kappa shape index (κ1) is 16.3. The zero-order valence-corrected chi connectivity index (χ0v) is 14.2. The zero-order chi connectivity index (χ0) is 18.1. The minimum absolute atomic E-state index is 0.251. The Balaban J connectivity index is 1.60. The second-order valence-electron chi connectivity index (χ2n) is 6.31. The van der Waals surface area contributed by atoms with E-state index in [1.54, 1.807) is 29.1 Å². The first-order valence-electron chi connectivity index (χ1n) is 8.39. The third-order valence-corrected chi connectivity index (χ3v) is 4.52. The van der Waals surface area contributed by atoms with Crippen LogP contribution in [0.4, 0.5) is 4.39 Å². The van der Waals surface area contributed by atoms with Crippen molar-refractivity contribution in [3.05, 3.63) is 83.7 Å². The Kier molecular flexibility index (Phi) is 4.16. The van der Waals surface area contributed by atoms with E-state index in [1.807, 2.05) is 31.3 Å². The summed E-state index contributed by atoms with van der Waals surface area (Å²) in [6.07, 6.45) is 3.34. The number of aryl methyl sites for hydroxylation is 1. The fraction of sp³-hybridized carbons (Fsp3) is 0.200. The molecule has 2 atom stereocenters. The topological polar surface area (TPSA) is 56.2 Å². The average molecular weight is 351 g/mol. The van der Waals surface area contributed by atoms with Gasteiger partial charge >= 0.3 is 0 Å². The van der Waals surface area contributed by atoms with Crippen molar-refractivity contribution in [3.63, 3.8) is 0 Å². The summed E-state index contributed by atoms with van der Waals surface area (Å²) in [4.78, 5) is 17.1. The van der Waals surface area contributed by atoms with Gasteiger partial charge in [-0.15, -0.1) is 0 Å². The SMILES string of the molecule is Cn1ccnc1[C@H](NC(=O)[C@H]1Cc2ccccc2O1)c1cccc(F)c1. The second-order valence-corrected chi connectivity index (χ2v) is 6.31. The van der Waals surface area contributed by atoms with Crippen molar-refractivity contribution in [2.24, 2.45) is 7.05 Å². The molecule has 6 heteroatoms. The molecule has 0 bridgehead atoms. The van der Waals surface area contributed by atoms with Crippen molar-refractivity contribution in [1.82, 2.24) is 14.9 Å². The number of hydrogen-bond donors (Lipinski definition) is 1. The van der Waals surface area contributed by atoms with Crippen LogP contribution in [0.1, 0.15) is 23.0 Å². The molecule has 0 spiro atoms. The number of amides is 1. The second kappa shape index (κ2) is 6.63. The van der Waals surface area contributed by atoms with Crippen molar-refractivity contribution in [2.75, 3.05) is 0 Å². The van der Waals surface area contributed by atoms with Gasteiger partial charge in [-0.1, -0.05) is 30.3 Å². The molecule has 0 radical (unpaired) electrons. The molecule has 0 fully saturated rings. The van der Waals surface area contributed by atoms with E-state index in [-0.39, 0.29) is 11.7 Å². The van der Waals surface area contributed by atoms with Gasteiger partial charge in [0.25, 0.3) is 5.91 Å². The largest absolute Gasteiger partial charge is 0.480 e. The number of nitrogens with one attached hydrogen (secondary N) is 1. The molecule has 132 valence electrons. The molecule has 1 aromatic heterocycles. The number of para-hydroxylation sites is 1. The lowest BCUT2D eigenvalue weighted by Gasteiger charge is -2.21. The number of carbonyl (C=O) groups excluding carboxylic acids is 1. The van der Waals surface area contributed by atoms with Crippen molar-refractivity contribution >= 4 is 5.91 Å². The molecule has 0 saturated heterocycles. The van der Waals surface area contributed by atoms with Gasteiger partial charge in [-0.25, -0.2) is 9.37 Å². The van der Waals surface area contributed by atoms with Gasteiger partial charge in [0, 0.05) is 25.9 Å². The standard InChI is InChI=1S/C20H18FN3O2/c1-24-10-9-22-19(24)18(14-6-4-7-15(21)11-14)23-20(25)17-12-13-5-2-3-8-16(13)26-17/h2-11,17-18H,12H2,1H3,(H,23,25)/t17-,18-/m1/s1. The number of ether oxygens (including phenoxy) is 1. The van der Waals surface area contributed by atoms with Crippen LogP contribution in [0.5, 0.6) is 5.75 Å². The average Bonchev–Trinajstić information content (AvgIpc) is 3.25. The van der Waals surface area contributed by atoms with E-state index >= 15 is 0 Å². The molecule has 26 heavy (non-hydrogen) atoms. The van der Waals surface area contributed by atoms with Gasteiger partial charge in [0.05, 0.1) is 0 Å². The highest BCUT2D eigenvalue weighted by Gasteiger charge is 2.31. The maximum atomic E-state index is 13.7. The lowest BCUT2D eigenvalue weighted by atomic mass is 10.0. The number of hydrogen-bond acceptors (Lipinski definition) is 3. The van der Waals surface area contributed by atoms with E-state index in [0.717, 1.165) is 11.3 Å². The first-order chi connectivity index (χ1) is 12.6. The van der Waals surface area contributed by atoms with Gasteiger partial charge in [-0.2, -0.15) is 0 Å². The molecule has 3 aromatic rings. The van der Waals surface area contributed by atoms with Crippen molar-refractivity contribution in [3.8, 4) is 5.75 Å². The van der Waals surface area contributed by atoms with E-state index < -0.39 is 12.1 Å². The molecule has 0 aliphatic carbocycles. The molecule has 4 rings (SSSR count). The lowest BCUT2D eigenvalue weighted by molar-refractivity contribution is -0.127. The highest BCUT2D eigenvalue weighted by molar-refractivity contribution is 5.83. The quantitative estimate of drug-likeness (QED) is 0.786. The van der Waals surface area contributed by atoms with E-state index in [2.05, 4.69) is 10.3 Å². The molecule has 1 N–H and O–H groups in total. The van der Waals surface area contributed by atoms with Crippen LogP contribution in [0.2, 0.25) is 0 Å². The van der Waals surface area contributed by atoms with Crippen LogP contribution < -0.4 is 10.1 Å². The van der Waals surface area contributed by atoms with Crippen molar-refractivity contribution < 1.29 is 13.9 Å². The Bertz CT molecular complexity index is 928. The summed E-state index contributed by atoms with van der Waals surface area (Å²) >= 11 is 0. The number of imidazole rings is 1. The Morgan fingerprint density at radius 1 is 1.31 bits per heavy atom. The Hall–Kier alpha value is -3.15. The van der Waals surface area contributed by atoms with Crippen molar-refractivity contribution in [2.45, 2.75) is 18.6 Å². The number of carbonyl (C=O) groups is 1. The lowest BCUT2D eigenvalue weighted by Crippen LogP contribution is -2.40. The van der Waals surface area contributed by atoms with Crippen LogP contribution in [0.3, 0.4) is 0 Å². The van der Waals surface area contributed by atoms with E-state index in [0.29, 0.717) is 17.8 Å². The van der Waals surface area contributed by atoms with Gasteiger partial charge in [0.2, 0.25) is 0 Å². The molecule has 0 saturated carbocycles. The third kappa shape index (κ3) is 3.06. The number of rotatable bonds is 4. The summed E-state index contributed by atoms with van der Waals surface area (Å²) in [5.41, 5.74) is 1.63. The van der Waals surface area contributed by atoms with E-state index in [4.69, 9.17) is 4.74 Å². The predicted octanol–water partition coefficient (Wildman–Crippen LogP) is 2.77. The van der Waals surface area contributed by atoms with E-state index in [9.17, 15) is 9.18 Å². The predicted molar refractivity (Wildman–Crippen MR) is 94.2 cm³/mol. The van der Waals surface area contributed by atoms with Crippen molar-refractivity contribution in [1.29, 1.82) is 0 Å². The van der Waals surface area contributed by atoms with Gasteiger partial charge in [-0.05, 0) is 29.3 Å². The van der Waals surface area contributed by atoms with Gasteiger partial charge in [0.1, 0.15) is 23.4 Å². The smallest absolute Gasteiger partial charge is 0.262 e. The first-order valence-corrected chi connectivity index (χ1v) is 8.39.